The maximum atomic E-state index is 6.48. The third-order valence-electron chi connectivity index (χ3n) is 5.40. The van der Waals surface area contributed by atoms with E-state index >= 15 is 0 Å². The summed E-state index contributed by atoms with van der Waals surface area (Å²) in [6, 6.07) is 10.0. The van der Waals surface area contributed by atoms with Crippen LogP contribution in [0.3, 0.4) is 0 Å². The molecule has 0 aliphatic carbocycles. The third-order valence-corrected chi connectivity index (χ3v) is 5.82. The number of aryl methyl sites for hydroxylation is 1. The fourth-order valence-corrected chi connectivity index (χ4v) is 4.56. The van der Waals surface area contributed by atoms with Gasteiger partial charge in [-0.2, -0.15) is 4.57 Å². The van der Waals surface area contributed by atoms with Crippen molar-refractivity contribution in [2.24, 2.45) is 0 Å². The molecule has 3 aromatic rings. The Bertz CT molecular complexity index is 1100. The number of alkyl halides is 2. The molecule has 0 atom stereocenters. The summed E-state index contributed by atoms with van der Waals surface area (Å²) in [4.78, 5) is -0.736. The van der Waals surface area contributed by atoms with E-state index in [9.17, 15) is 0 Å². The first kappa shape index (κ1) is 19.9. The number of aromatic nitrogens is 1. The van der Waals surface area contributed by atoms with Crippen LogP contribution in [0.1, 0.15) is 16.1 Å². The molecule has 0 unspecified atom stereocenters. The number of hydrogen-bond donors (Lipinski definition) is 0. The van der Waals surface area contributed by atoms with Crippen LogP contribution in [0.2, 0.25) is 0 Å². The van der Waals surface area contributed by atoms with Crippen molar-refractivity contribution in [3.63, 3.8) is 0 Å². The maximum Gasteiger partial charge on any atom is 0.226 e. The quantitative estimate of drug-likeness (QED) is 0.424. The minimum atomic E-state index is -0.736. The summed E-state index contributed by atoms with van der Waals surface area (Å²) >= 11 is 13.0. The van der Waals surface area contributed by atoms with Gasteiger partial charge >= 0.3 is 0 Å². The van der Waals surface area contributed by atoms with Crippen molar-refractivity contribution in [2.75, 3.05) is 28.4 Å². The van der Waals surface area contributed by atoms with Gasteiger partial charge in [-0.25, -0.2) is 0 Å². The second-order valence-electron chi connectivity index (χ2n) is 6.75. The van der Waals surface area contributed by atoms with Gasteiger partial charge in [-0.05, 0) is 35.2 Å². The van der Waals surface area contributed by atoms with Crippen LogP contribution in [-0.4, -0.2) is 28.4 Å². The van der Waals surface area contributed by atoms with Gasteiger partial charge in [0.25, 0.3) is 0 Å². The van der Waals surface area contributed by atoms with Gasteiger partial charge in [-0.15, -0.1) is 0 Å². The van der Waals surface area contributed by atoms with E-state index in [0.29, 0.717) is 17.2 Å². The molecule has 7 heteroatoms. The molecule has 152 valence electrons. The number of methoxy groups -OCH3 is 4. The van der Waals surface area contributed by atoms with Crippen LogP contribution in [0.4, 0.5) is 0 Å². The summed E-state index contributed by atoms with van der Waals surface area (Å²) < 4.78 is 24.3. The lowest BCUT2D eigenvalue weighted by atomic mass is 9.94. The van der Waals surface area contributed by atoms with Gasteiger partial charge in [-0.3, -0.25) is 0 Å². The van der Waals surface area contributed by atoms with Crippen LogP contribution in [0, 0.1) is 0 Å². The van der Waals surface area contributed by atoms with E-state index in [1.165, 1.54) is 5.56 Å². The van der Waals surface area contributed by atoms with Crippen LogP contribution < -0.4 is 23.5 Å². The highest BCUT2D eigenvalue weighted by Crippen LogP contribution is 2.44. The van der Waals surface area contributed by atoms with Gasteiger partial charge in [0.1, 0.15) is 0 Å². The molecule has 1 aliphatic rings. The zero-order valence-corrected chi connectivity index (χ0v) is 18.2. The smallest absolute Gasteiger partial charge is 0.226 e. The van der Waals surface area contributed by atoms with Gasteiger partial charge in [0, 0.05) is 12.5 Å². The van der Waals surface area contributed by atoms with E-state index in [-0.39, 0.29) is 0 Å². The average molecular weight is 435 g/mol. The van der Waals surface area contributed by atoms with Crippen molar-refractivity contribution in [1.82, 2.24) is 0 Å². The van der Waals surface area contributed by atoms with Crippen LogP contribution in [-0.2, 0) is 13.0 Å². The minimum absolute atomic E-state index is 0.625. The van der Waals surface area contributed by atoms with Gasteiger partial charge in [0.05, 0.1) is 39.4 Å². The number of fused-ring (bicyclic) bond motifs is 4. The molecular weight excluding hydrogens is 413 g/mol. The van der Waals surface area contributed by atoms with E-state index in [1.54, 1.807) is 28.4 Å². The molecule has 0 spiro atoms. The number of ether oxygens (including phenoxy) is 4. The summed E-state index contributed by atoms with van der Waals surface area (Å²) in [6.07, 6.45) is 0.818. The van der Waals surface area contributed by atoms with Gasteiger partial charge in [-0.1, -0.05) is 23.2 Å². The Kier molecular flexibility index (Phi) is 5.36. The van der Waals surface area contributed by atoms with E-state index < -0.39 is 4.84 Å². The molecule has 2 aromatic carbocycles. The lowest BCUT2D eigenvalue weighted by molar-refractivity contribution is -0.692. The summed E-state index contributed by atoms with van der Waals surface area (Å²) in [6.45, 7) is 0.736. The second kappa shape index (κ2) is 7.81. The van der Waals surface area contributed by atoms with Gasteiger partial charge < -0.3 is 18.9 Å². The second-order valence-corrected chi connectivity index (χ2v) is 7.84. The van der Waals surface area contributed by atoms with Crippen LogP contribution in [0.15, 0.2) is 30.3 Å². The molecule has 2 heterocycles. The first-order chi connectivity index (χ1) is 14.0. The number of rotatable bonds is 5. The van der Waals surface area contributed by atoms with E-state index in [2.05, 4.69) is 10.6 Å². The lowest BCUT2D eigenvalue weighted by Crippen LogP contribution is -2.44. The first-order valence-corrected chi connectivity index (χ1v) is 10.1. The highest BCUT2D eigenvalue weighted by Gasteiger charge is 2.34. The van der Waals surface area contributed by atoms with Crippen molar-refractivity contribution < 1.29 is 23.5 Å². The summed E-state index contributed by atoms with van der Waals surface area (Å²) in [5.41, 5.74) is 4.07. The predicted octanol–water partition coefficient (Wildman–Crippen LogP) is 4.86. The van der Waals surface area contributed by atoms with E-state index in [1.807, 2.05) is 24.3 Å². The summed E-state index contributed by atoms with van der Waals surface area (Å²) in [5.74, 6) is 2.67. The molecule has 0 N–H and O–H groups in total. The van der Waals surface area contributed by atoms with Crippen molar-refractivity contribution >= 4 is 34.0 Å². The molecule has 0 saturated heterocycles. The average Bonchev–Trinajstić information content (AvgIpc) is 2.75. The summed E-state index contributed by atoms with van der Waals surface area (Å²) in [7, 11) is 6.52. The Hall–Kier alpha value is -2.37. The highest BCUT2D eigenvalue weighted by atomic mass is 35.5. The minimum Gasteiger partial charge on any atom is -0.493 e. The number of hydrogen-bond acceptors (Lipinski definition) is 4. The zero-order valence-electron chi connectivity index (χ0n) is 16.7. The van der Waals surface area contributed by atoms with Crippen LogP contribution in [0.25, 0.3) is 22.0 Å². The van der Waals surface area contributed by atoms with E-state index in [4.69, 9.17) is 42.1 Å². The Balaban J connectivity index is 2.08. The number of benzene rings is 2. The highest BCUT2D eigenvalue weighted by molar-refractivity contribution is 6.44. The molecule has 0 bridgehead atoms. The van der Waals surface area contributed by atoms with E-state index in [0.717, 1.165) is 46.4 Å². The van der Waals surface area contributed by atoms with Gasteiger partial charge in [0.15, 0.2) is 34.4 Å². The Morgan fingerprint density at radius 3 is 2.17 bits per heavy atom. The van der Waals surface area contributed by atoms with Crippen LogP contribution in [0.5, 0.6) is 23.0 Å². The Labute approximate surface area is 179 Å². The fourth-order valence-electron chi connectivity index (χ4n) is 4.11. The number of pyridine rings is 1. The molecule has 0 amide bonds. The lowest BCUT2D eigenvalue weighted by Gasteiger charge is -2.22. The topological polar surface area (TPSA) is 40.8 Å². The molecule has 5 nitrogen and oxygen atoms in total. The molecule has 0 saturated carbocycles. The standard InChI is InChI=1S/C22H22Cl2NO4/c1-26-16-6-5-13-9-15-14-11-18(28-3)17(27-2)10-12(14)7-8-25(15)20(22(23)24)19(13)21(16)29-4/h5-6,9-11,22H,7-8H2,1-4H3/q+1. The normalized spacial score (nSPS) is 12.5. The molecule has 1 aromatic heterocycles. The SMILES string of the molecule is COc1cc2c(cc1OC)-c1cc3ccc(OC)c(OC)c3c(C(Cl)Cl)[n+]1CC2. The molecule has 0 radical (unpaired) electrons. The first-order valence-electron chi connectivity index (χ1n) is 9.18. The molecule has 0 fully saturated rings. The molecule has 29 heavy (non-hydrogen) atoms. The van der Waals surface area contributed by atoms with Crippen molar-refractivity contribution in [2.45, 2.75) is 17.8 Å². The largest absolute Gasteiger partial charge is 0.493 e. The molecule has 4 rings (SSSR count). The van der Waals surface area contributed by atoms with Crippen molar-refractivity contribution in [3.8, 4) is 34.3 Å². The third kappa shape index (κ3) is 3.13. The zero-order chi connectivity index (χ0) is 20.7. The maximum absolute atomic E-state index is 6.48. The van der Waals surface area contributed by atoms with Crippen molar-refractivity contribution in [1.29, 1.82) is 0 Å². The van der Waals surface area contributed by atoms with Crippen LogP contribution >= 0.6 is 23.2 Å². The van der Waals surface area contributed by atoms with Gasteiger partial charge in [0.2, 0.25) is 11.4 Å². The Morgan fingerprint density at radius 1 is 0.862 bits per heavy atom. The number of halogens is 2. The van der Waals surface area contributed by atoms with Crippen molar-refractivity contribution in [3.05, 3.63) is 41.6 Å². The monoisotopic (exact) mass is 434 g/mol. The fraction of sp³-hybridized carbons (Fsp3) is 0.318. The number of nitrogens with zero attached hydrogens (tertiary/aromatic N) is 1. The molecule has 1 aliphatic heterocycles. The summed E-state index contributed by atoms with van der Waals surface area (Å²) in [5, 5.41) is 1.83. The Morgan fingerprint density at radius 2 is 1.55 bits per heavy atom. The predicted molar refractivity (Wildman–Crippen MR) is 114 cm³/mol. The molecular formula is C22H22Cl2NO4+.